The highest BCUT2D eigenvalue weighted by atomic mass is 16.2. The number of fused-ring (bicyclic) bond motifs is 25. The number of amides is 7. The van der Waals surface area contributed by atoms with Crippen LogP contribution in [0.2, 0.25) is 0 Å². The van der Waals surface area contributed by atoms with Gasteiger partial charge in [0, 0.05) is 78.4 Å². The molecule has 16 heteroatoms. The molecule has 4 atom stereocenters. The van der Waals surface area contributed by atoms with Gasteiger partial charge in [0.2, 0.25) is 41.4 Å². The van der Waals surface area contributed by atoms with Crippen LogP contribution in [-0.4, -0.2) is 135 Å². The second kappa shape index (κ2) is 18.6. The molecule has 0 aromatic rings. The highest BCUT2D eigenvalue weighted by Crippen LogP contribution is 2.00. The summed E-state index contributed by atoms with van der Waals surface area (Å²) in [6, 6.07) is -1.01. The molecule has 7 amide bonds. The van der Waals surface area contributed by atoms with Gasteiger partial charge in [-0.2, -0.15) is 0 Å². The Morgan fingerprint density at radius 2 is 1.14 bits per heavy atom. The fourth-order valence-corrected chi connectivity index (χ4v) is 4.65. The van der Waals surface area contributed by atoms with E-state index in [9.17, 15) is 33.6 Å². The number of hydrogen-bond donors (Lipinski definition) is 7. The molecule has 0 aromatic carbocycles. The molecule has 7 N–H and O–H groups in total. The second-order valence-electron chi connectivity index (χ2n) is 10.6. The topological polar surface area (TPSA) is 210 Å². The Morgan fingerprint density at radius 1 is 0.667 bits per heavy atom. The molecule has 3 saturated heterocycles. The normalized spacial score (nSPS) is 27.1. The van der Waals surface area contributed by atoms with E-state index in [2.05, 4.69) is 37.2 Å². The lowest BCUT2D eigenvalue weighted by Crippen LogP contribution is -2.53. The highest BCUT2D eigenvalue weighted by Gasteiger charge is 2.22. The Kier molecular flexibility index (Phi) is 15.2. The third-order valence-electron chi connectivity index (χ3n) is 6.57. The van der Waals surface area contributed by atoms with Gasteiger partial charge in [0.05, 0.1) is 6.04 Å². The minimum Gasteiger partial charge on any atom is -0.356 e. The lowest BCUT2D eigenvalue weighted by molar-refractivity contribution is -0.131. The largest absolute Gasteiger partial charge is 0.356 e. The maximum atomic E-state index is 12.7. The zero-order chi connectivity index (χ0) is 30.9. The van der Waals surface area contributed by atoms with Crippen molar-refractivity contribution in [1.29, 1.82) is 0 Å². The van der Waals surface area contributed by atoms with E-state index in [1.54, 1.807) is 6.92 Å². The quantitative estimate of drug-likeness (QED) is 0.154. The van der Waals surface area contributed by atoms with Crippen LogP contribution in [0.15, 0.2) is 0 Å². The third kappa shape index (κ3) is 15.3. The van der Waals surface area contributed by atoms with Crippen LogP contribution in [0.1, 0.15) is 39.5 Å². The first-order valence-electron chi connectivity index (χ1n) is 14.3. The fraction of sp³-hybridized carbons (Fsp3) is 0.731. The van der Waals surface area contributed by atoms with Gasteiger partial charge < -0.3 is 37.2 Å². The summed E-state index contributed by atoms with van der Waals surface area (Å²) in [4.78, 5) is 90.3. The molecule has 42 heavy (non-hydrogen) atoms. The molecule has 236 valence electrons. The van der Waals surface area contributed by atoms with E-state index in [1.807, 2.05) is 9.80 Å². The van der Waals surface area contributed by atoms with Crippen molar-refractivity contribution in [2.75, 3.05) is 72.0 Å². The number of hydrogen-bond acceptors (Lipinski definition) is 9. The monoisotopic (exact) mass is 595 g/mol. The maximum Gasteiger partial charge on any atom is 0.229 e. The molecule has 0 saturated carbocycles. The van der Waals surface area contributed by atoms with Crippen molar-refractivity contribution >= 4 is 41.4 Å². The molecule has 16 nitrogen and oxygen atoms in total. The summed E-state index contributed by atoms with van der Waals surface area (Å²) in [7, 11) is 0. The Bertz CT molecular complexity index is 978. The predicted molar refractivity (Wildman–Crippen MR) is 152 cm³/mol. The lowest BCUT2D eigenvalue weighted by Gasteiger charge is -2.30. The van der Waals surface area contributed by atoms with E-state index in [-0.39, 0.29) is 64.6 Å². The second-order valence-corrected chi connectivity index (χ2v) is 10.6. The van der Waals surface area contributed by atoms with Crippen LogP contribution in [0.4, 0.5) is 0 Å². The Morgan fingerprint density at radius 3 is 1.69 bits per heavy atom. The third-order valence-corrected chi connectivity index (χ3v) is 6.57. The van der Waals surface area contributed by atoms with Crippen molar-refractivity contribution in [2.45, 2.75) is 51.6 Å². The summed E-state index contributed by atoms with van der Waals surface area (Å²) in [5, 5.41) is 19.2. The van der Waals surface area contributed by atoms with Crippen molar-refractivity contribution in [3.05, 3.63) is 0 Å². The van der Waals surface area contributed by atoms with Gasteiger partial charge in [-0.3, -0.25) is 43.4 Å². The van der Waals surface area contributed by atoms with Gasteiger partial charge in [-0.1, -0.05) is 0 Å². The molecule has 2 bridgehead atoms. The van der Waals surface area contributed by atoms with E-state index in [1.165, 1.54) is 6.92 Å². The fourth-order valence-electron chi connectivity index (χ4n) is 4.65. The van der Waals surface area contributed by atoms with Gasteiger partial charge in [0.25, 0.3) is 0 Å². The summed E-state index contributed by atoms with van der Waals surface area (Å²) >= 11 is 0. The van der Waals surface area contributed by atoms with Gasteiger partial charge in [-0.15, -0.1) is 0 Å². The van der Waals surface area contributed by atoms with Crippen LogP contribution in [0.25, 0.3) is 0 Å². The van der Waals surface area contributed by atoms with Gasteiger partial charge in [-0.05, 0) is 19.9 Å². The van der Waals surface area contributed by atoms with Crippen molar-refractivity contribution in [2.24, 2.45) is 0 Å². The van der Waals surface area contributed by atoms with E-state index in [0.717, 1.165) is 0 Å². The van der Waals surface area contributed by atoms with Crippen molar-refractivity contribution < 1.29 is 33.6 Å². The standard InChI is InChI=1S/C26H45N9O7/c1-18-16-35-11-7-30-22(38)12-21(37)28-5-9-34(8-3-4-27-23(39)13-25(41)32-18)10-6-29-24(40)14-26(42)33-20(17-35)15-31-19(2)36/h18,20H,3-17H2,1-2H3,(H,27,39)(H,28,37)(H,29,40)(H,30,38)(H,31,36)(H,32,41)(H,33,42). The zero-order valence-corrected chi connectivity index (χ0v) is 24.5. The molecule has 3 rings (SSSR count). The molecule has 0 aromatic heterocycles. The summed E-state index contributed by atoms with van der Waals surface area (Å²) in [5.74, 6) is -2.97. The van der Waals surface area contributed by atoms with E-state index in [4.69, 9.17) is 0 Å². The van der Waals surface area contributed by atoms with Crippen LogP contribution in [0.5, 0.6) is 0 Å². The molecule has 0 spiro atoms. The molecule has 0 radical (unpaired) electrons. The molecule has 3 fully saturated rings. The Balaban J connectivity index is 2.32. The summed E-state index contributed by atoms with van der Waals surface area (Å²) in [6.45, 7) is 6.37. The van der Waals surface area contributed by atoms with Crippen LogP contribution in [0, 0.1) is 0 Å². The first-order chi connectivity index (χ1) is 20.0. The van der Waals surface area contributed by atoms with E-state index in [0.29, 0.717) is 32.6 Å². The summed E-state index contributed by atoms with van der Waals surface area (Å²) in [5.41, 5.74) is 0. The average Bonchev–Trinajstić information content (AvgIpc) is 2.87. The SMILES string of the molecule is CC(=O)NCC1CN2CCNC(=O)CC(=O)NCCN(CCCNC(=O)CC(=O)NC(C)C2)CCNC(=O)CC(=O)N1. The van der Waals surface area contributed by atoms with Crippen LogP contribution in [0.3, 0.4) is 0 Å². The van der Waals surface area contributed by atoms with Gasteiger partial charge in [0.15, 0.2) is 0 Å². The summed E-state index contributed by atoms with van der Waals surface area (Å²) < 4.78 is 0. The number of rotatable bonds is 2. The number of nitrogens with one attached hydrogen (secondary N) is 7. The van der Waals surface area contributed by atoms with Crippen molar-refractivity contribution in [1.82, 2.24) is 47.0 Å². The Hall–Kier alpha value is -3.79. The maximum absolute atomic E-state index is 12.7. The molecular weight excluding hydrogens is 550 g/mol. The molecular formula is C26H45N9O7. The van der Waals surface area contributed by atoms with Crippen LogP contribution in [-0.2, 0) is 33.6 Å². The minimum atomic E-state index is -0.598. The predicted octanol–water partition coefficient (Wildman–Crippen LogP) is -4.23. The number of carbonyl (C=O) groups excluding carboxylic acids is 7. The number of nitrogens with zero attached hydrogens (tertiary/aromatic N) is 2. The molecule has 0 aliphatic carbocycles. The van der Waals surface area contributed by atoms with Crippen molar-refractivity contribution in [3.8, 4) is 0 Å². The number of carbonyl (C=O) groups is 7. The van der Waals surface area contributed by atoms with Gasteiger partial charge >= 0.3 is 0 Å². The first-order valence-corrected chi connectivity index (χ1v) is 14.3. The van der Waals surface area contributed by atoms with Gasteiger partial charge in [-0.25, -0.2) is 0 Å². The molecule has 3 aliphatic heterocycles. The van der Waals surface area contributed by atoms with Crippen LogP contribution < -0.4 is 37.2 Å². The molecule has 3 heterocycles. The first kappa shape index (κ1) is 34.4. The highest BCUT2D eigenvalue weighted by molar-refractivity contribution is 5.98. The summed E-state index contributed by atoms with van der Waals surface area (Å²) in [6.07, 6.45) is -0.512. The lowest BCUT2D eigenvalue weighted by atomic mass is 10.2. The smallest absolute Gasteiger partial charge is 0.229 e. The van der Waals surface area contributed by atoms with Gasteiger partial charge in [0.1, 0.15) is 19.3 Å². The minimum absolute atomic E-state index is 0.0849. The van der Waals surface area contributed by atoms with Crippen molar-refractivity contribution in [3.63, 3.8) is 0 Å². The van der Waals surface area contributed by atoms with Crippen LogP contribution >= 0.6 is 0 Å². The Labute approximate surface area is 245 Å². The zero-order valence-electron chi connectivity index (χ0n) is 24.5. The molecule has 4 unspecified atom stereocenters. The van der Waals surface area contributed by atoms with E-state index < -0.39 is 53.9 Å². The molecule has 3 aliphatic rings. The van der Waals surface area contributed by atoms with E-state index >= 15 is 0 Å². The average molecular weight is 596 g/mol.